The van der Waals surface area contributed by atoms with Crippen LogP contribution in [0.15, 0.2) is 0 Å². The molecule has 0 N–H and O–H groups in total. The summed E-state index contributed by atoms with van der Waals surface area (Å²) in [6, 6.07) is 0. The van der Waals surface area contributed by atoms with Crippen LogP contribution in [0.3, 0.4) is 0 Å². The maximum Gasteiger partial charge on any atom is 0.410 e. The average Bonchev–Trinajstić information content (AvgIpc) is 3.55. The van der Waals surface area contributed by atoms with E-state index in [1.165, 1.54) is 83.5 Å². The molecule has 4 fully saturated rings. The number of rotatable bonds is 4. The van der Waals surface area contributed by atoms with Crippen LogP contribution in [0.5, 0.6) is 0 Å². The van der Waals surface area contributed by atoms with Gasteiger partial charge in [-0.1, -0.05) is 52.4 Å². The molecule has 0 atom stereocenters. The lowest BCUT2D eigenvalue weighted by molar-refractivity contribution is 0.00338. The number of ether oxygens (including phenoxy) is 1. The zero-order valence-corrected chi connectivity index (χ0v) is 22.7. The van der Waals surface area contributed by atoms with E-state index in [-0.39, 0.29) is 18.9 Å². The summed E-state index contributed by atoms with van der Waals surface area (Å²) in [6.45, 7) is 23.1. The Morgan fingerprint density at radius 3 is 1.58 bits per heavy atom. The average molecular weight is 500 g/mol. The van der Waals surface area contributed by atoms with Crippen LogP contribution in [0.4, 0.5) is 4.79 Å². The van der Waals surface area contributed by atoms with Gasteiger partial charge in [0.2, 0.25) is 13.1 Å². The van der Waals surface area contributed by atoms with Crippen molar-refractivity contribution in [3.05, 3.63) is 22.8 Å². The van der Waals surface area contributed by atoms with E-state index in [4.69, 9.17) is 17.9 Å². The van der Waals surface area contributed by atoms with Crippen molar-refractivity contribution in [3.8, 4) is 0 Å². The van der Waals surface area contributed by atoms with Crippen LogP contribution < -0.4 is 0 Å². The molecule has 1 amide bonds. The van der Waals surface area contributed by atoms with E-state index in [0.717, 1.165) is 38.4 Å². The van der Waals surface area contributed by atoms with Gasteiger partial charge in [0.1, 0.15) is 5.60 Å². The summed E-state index contributed by atoms with van der Waals surface area (Å²) in [5.41, 5.74) is 0.168. The molecule has 0 aromatic heterocycles. The third-order valence-electron chi connectivity index (χ3n) is 9.49. The van der Waals surface area contributed by atoms with Gasteiger partial charge in [0.25, 0.3) is 0 Å². The molecule has 0 spiro atoms. The van der Waals surface area contributed by atoms with Gasteiger partial charge >= 0.3 is 6.09 Å². The highest BCUT2D eigenvalue weighted by Crippen LogP contribution is 2.49. The Hall–Kier alpha value is -1.75. The highest BCUT2D eigenvalue weighted by Gasteiger charge is 2.46. The van der Waals surface area contributed by atoms with E-state index >= 15 is 0 Å². The molecule has 1 aliphatic heterocycles. The molecule has 1 saturated heterocycles. The lowest BCUT2D eigenvalue weighted by atomic mass is 9.65. The minimum atomic E-state index is -0.437. The van der Waals surface area contributed by atoms with Crippen molar-refractivity contribution in [1.29, 1.82) is 0 Å². The highest BCUT2D eigenvalue weighted by atomic mass is 16.6. The van der Waals surface area contributed by atoms with Crippen molar-refractivity contribution in [1.82, 2.24) is 4.90 Å². The van der Waals surface area contributed by atoms with Crippen LogP contribution >= 0.6 is 0 Å². The summed E-state index contributed by atoms with van der Waals surface area (Å²) in [5, 5.41) is 0. The second-order valence-electron chi connectivity index (χ2n) is 12.8. The molecule has 3 aliphatic carbocycles. The van der Waals surface area contributed by atoms with Crippen LogP contribution in [0.2, 0.25) is 0 Å². The maximum atomic E-state index is 12.1. The van der Waals surface area contributed by atoms with Crippen LogP contribution in [0, 0.1) is 35.8 Å². The lowest BCUT2D eigenvalue weighted by Gasteiger charge is -2.42. The number of nitrogens with zero attached hydrogens (tertiary/aromatic N) is 3. The van der Waals surface area contributed by atoms with Gasteiger partial charge in [0.05, 0.1) is 0 Å². The van der Waals surface area contributed by atoms with Gasteiger partial charge in [-0.2, -0.15) is 0 Å². The van der Waals surface area contributed by atoms with Crippen molar-refractivity contribution in [2.24, 2.45) is 22.7 Å². The highest BCUT2D eigenvalue weighted by molar-refractivity contribution is 5.68. The predicted octanol–water partition coefficient (Wildman–Crippen LogP) is 8.80. The first-order valence-electron chi connectivity index (χ1n) is 14.4. The minimum absolute atomic E-state index is 0. The van der Waals surface area contributed by atoms with Gasteiger partial charge in [0, 0.05) is 23.9 Å². The SMILES string of the molecule is C.[C-]#[N+]CC1(C2CCCC2)CCCCC1.[C-]#[N+]CC1(C2CCCC2)CCN(C(=O)OC(C)(C)C)CC1. The largest absolute Gasteiger partial charge is 0.444 e. The second kappa shape index (κ2) is 13.7. The summed E-state index contributed by atoms with van der Waals surface area (Å²) in [5.74, 6) is 1.59. The molecule has 5 nitrogen and oxygen atoms in total. The summed E-state index contributed by atoms with van der Waals surface area (Å²) in [4.78, 5) is 21.4. The molecule has 3 saturated carbocycles. The van der Waals surface area contributed by atoms with Crippen molar-refractivity contribution in [3.63, 3.8) is 0 Å². The summed E-state index contributed by atoms with van der Waals surface area (Å²) in [7, 11) is 0. The van der Waals surface area contributed by atoms with Crippen LogP contribution in [-0.4, -0.2) is 42.8 Å². The molecule has 36 heavy (non-hydrogen) atoms. The molecule has 5 heteroatoms. The van der Waals surface area contributed by atoms with Crippen molar-refractivity contribution in [2.75, 3.05) is 26.2 Å². The van der Waals surface area contributed by atoms with E-state index in [9.17, 15) is 4.79 Å². The van der Waals surface area contributed by atoms with Crippen LogP contribution in [-0.2, 0) is 4.74 Å². The fourth-order valence-corrected chi connectivity index (χ4v) is 7.50. The van der Waals surface area contributed by atoms with Gasteiger partial charge in [-0.05, 0) is 84.0 Å². The second-order valence-corrected chi connectivity index (χ2v) is 12.8. The number of hydrogen-bond donors (Lipinski definition) is 0. The molecular weight excluding hydrogens is 446 g/mol. The van der Waals surface area contributed by atoms with E-state index in [0.29, 0.717) is 17.9 Å². The third kappa shape index (κ3) is 7.87. The van der Waals surface area contributed by atoms with Gasteiger partial charge in [-0.25, -0.2) is 17.9 Å². The maximum absolute atomic E-state index is 12.1. The van der Waals surface area contributed by atoms with Crippen molar-refractivity contribution < 1.29 is 9.53 Å². The number of likely N-dealkylation sites (tertiary alicyclic amines) is 1. The van der Waals surface area contributed by atoms with Crippen molar-refractivity contribution in [2.45, 2.75) is 130 Å². The van der Waals surface area contributed by atoms with Gasteiger partial charge in [-0.15, -0.1) is 0 Å². The van der Waals surface area contributed by atoms with Crippen LogP contribution in [0.25, 0.3) is 9.69 Å². The fourth-order valence-electron chi connectivity index (χ4n) is 7.50. The molecule has 0 radical (unpaired) electrons. The molecule has 204 valence electrons. The van der Waals surface area contributed by atoms with Gasteiger partial charge in [-0.3, -0.25) is 0 Å². The molecule has 0 bridgehead atoms. The number of amides is 1. The minimum Gasteiger partial charge on any atom is -0.444 e. The third-order valence-corrected chi connectivity index (χ3v) is 9.49. The zero-order chi connectivity index (χ0) is 25.4. The van der Waals surface area contributed by atoms with E-state index in [1.54, 1.807) is 0 Å². The summed E-state index contributed by atoms with van der Waals surface area (Å²) >= 11 is 0. The molecule has 4 aliphatic rings. The Morgan fingerprint density at radius 1 is 0.778 bits per heavy atom. The smallest absolute Gasteiger partial charge is 0.410 e. The van der Waals surface area contributed by atoms with E-state index in [2.05, 4.69) is 9.69 Å². The summed E-state index contributed by atoms with van der Waals surface area (Å²) in [6.07, 6.45) is 19.4. The molecular formula is C31H53N3O2. The van der Waals surface area contributed by atoms with Gasteiger partial charge in [0.15, 0.2) is 0 Å². The Bertz CT molecular complexity index is 746. The Labute approximate surface area is 222 Å². The van der Waals surface area contributed by atoms with Gasteiger partial charge < -0.3 is 19.3 Å². The molecule has 0 aromatic rings. The standard InChI is InChI=1S/C17H28N2O2.C13H21N.CH4/c1-16(2,3)21-15(20)19-11-9-17(10-12-19,13-18-4)14-7-5-6-8-14;1-14-11-13(9-5-2-6-10-13)12-7-3-4-8-12;/h14H,5-13H2,1-3H3;12H,2-11H2;1H4. The number of carbonyl (C=O) groups is 1. The lowest BCUT2D eigenvalue weighted by Crippen LogP contribution is -2.48. The first-order chi connectivity index (χ1) is 16.7. The molecule has 1 heterocycles. The number of carbonyl (C=O) groups excluding carboxylic acids is 1. The van der Waals surface area contributed by atoms with E-state index < -0.39 is 5.60 Å². The molecule has 4 rings (SSSR count). The normalized spacial score (nSPS) is 24.0. The predicted molar refractivity (Wildman–Crippen MR) is 149 cm³/mol. The Balaban J connectivity index is 0.000000265. The Morgan fingerprint density at radius 2 is 1.19 bits per heavy atom. The topological polar surface area (TPSA) is 38.3 Å². The fraction of sp³-hybridized carbons (Fsp3) is 0.903. The van der Waals surface area contributed by atoms with Crippen LogP contribution in [0.1, 0.15) is 125 Å². The monoisotopic (exact) mass is 499 g/mol. The van der Waals surface area contributed by atoms with Crippen molar-refractivity contribution >= 4 is 6.09 Å². The first kappa shape index (κ1) is 30.5. The number of piperidine rings is 1. The quantitative estimate of drug-likeness (QED) is 0.362. The van der Waals surface area contributed by atoms with E-state index in [1.807, 2.05) is 25.7 Å². The summed E-state index contributed by atoms with van der Waals surface area (Å²) < 4.78 is 5.46. The first-order valence-corrected chi connectivity index (χ1v) is 14.4. The molecule has 0 aromatic carbocycles. The zero-order valence-electron chi connectivity index (χ0n) is 22.7. The number of hydrogen-bond acceptors (Lipinski definition) is 2. The Kier molecular flexibility index (Phi) is 11.6. The molecule has 0 unspecified atom stereocenters.